The number of nitrogens with one attached hydrogen (secondary N) is 1. The van der Waals surface area contributed by atoms with Gasteiger partial charge in [0.05, 0.1) is 0 Å². The number of hydrogen-bond acceptors (Lipinski definition) is 5. The molecule has 3 rings (SSSR count). The molecule has 3 aromatic heterocycles. The van der Waals surface area contributed by atoms with Crippen LogP contribution in [0.3, 0.4) is 0 Å². The zero-order chi connectivity index (χ0) is 15.0. The molecule has 1 N–H and O–H groups in total. The van der Waals surface area contributed by atoms with E-state index in [1.807, 2.05) is 13.0 Å². The largest absolute Gasteiger partial charge is 0.279 e. The summed E-state index contributed by atoms with van der Waals surface area (Å²) in [5.41, 5.74) is 1.77. The molecule has 110 valence electrons. The monoisotopic (exact) mass is 342 g/mol. The van der Waals surface area contributed by atoms with Crippen molar-refractivity contribution in [2.24, 2.45) is 0 Å². The molecule has 0 amide bonds. The first kappa shape index (κ1) is 14.5. The molecule has 0 bridgehead atoms. The highest BCUT2D eigenvalue weighted by Crippen LogP contribution is 2.25. The number of imidazole rings is 1. The lowest BCUT2D eigenvalue weighted by atomic mass is 10.2. The van der Waals surface area contributed by atoms with Gasteiger partial charge in [-0.25, -0.2) is 18.1 Å². The van der Waals surface area contributed by atoms with Crippen LogP contribution in [0.1, 0.15) is 11.1 Å². The maximum atomic E-state index is 12.4. The van der Waals surface area contributed by atoms with Gasteiger partial charge in [0.15, 0.2) is 15.1 Å². The van der Waals surface area contributed by atoms with Crippen molar-refractivity contribution < 1.29 is 8.42 Å². The van der Waals surface area contributed by atoms with E-state index in [1.165, 1.54) is 15.7 Å². The molecule has 3 heterocycles. The number of aryl methyl sites for hydroxylation is 1. The molecule has 0 atom stereocenters. The highest BCUT2D eigenvalue weighted by Gasteiger charge is 2.24. The van der Waals surface area contributed by atoms with Crippen LogP contribution in [0, 0.1) is 6.92 Å². The standard InChI is InChI=1S/C12H11ClN4O2S2/c1-8-2-3-14-6-9(8)7-15-21(18,19)11-10(13)16-12-17(11)4-5-20-12/h2-6,15H,7H2,1H3. The Morgan fingerprint density at radius 3 is 3.05 bits per heavy atom. The lowest BCUT2D eigenvalue weighted by Crippen LogP contribution is -2.25. The minimum atomic E-state index is -3.76. The summed E-state index contributed by atoms with van der Waals surface area (Å²) in [4.78, 5) is 8.56. The Kier molecular flexibility index (Phi) is 3.70. The minimum absolute atomic E-state index is 0.0303. The number of thiazole rings is 1. The van der Waals surface area contributed by atoms with Crippen molar-refractivity contribution in [2.75, 3.05) is 0 Å². The Morgan fingerprint density at radius 1 is 1.48 bits per heavy atom. The zero-order valence-electron chi connectivity index (χ0n) is 10.9. The molecule has 0 unspecified atom stereocenters. The predicted molar refractivity (Wildman–Crippen MR) is 81.1 cm³/mol. The first-order chi connectivity index (χ1) is 9.99. The van der Waals surface area contributed by atoms with Crippen LogP contribution in [0.25, 0.3) is 4.96 Å². The quantitative estimate of drug-likeness (QED) is 0.788. The Labute approximate surface area is 130 Å². The molecule has 21 heavy (non-hydrogen) atoms. The van der Waals surface area contributed by atoms with Gasteiger partial charge in [-0.1, -0.05) is 11.6 Å². The average molecular weight is 343 g/mol. The van der Waals surface area contributed by atoms with Crippen LogP contribution in [0.5, 0.6) is 0 Å². The first-order valence-corrected chi connectivity index (χ1v) is 8.73. The molecule has 0 aromatic carbocycles. The van der Waals surface area contributed by atoms with E-state index in [0.717, 1.165) is 11.1 Å². The van der Waals surface area contributed by atoms with E-state index < -0.39 is 10.0 Å². The summed E-state index contributed by atoms with van der Waals surface area (Å²) < 4.78 is 28.9. The van der Waals surface area contributed by atoms with E-state index >= 15 is 0 Å². The number of nitrogens with zero attached hydrogens (tertiary/aromatic N) is 3. The van der Waals surface area contributed by atoms with E-state index in [9.17, 15) is 8.42 Å². The summed E-state index contributed by atoms with van der Waals surface area (Å²) >= 11 is 7.27. The number of fused-ring (bicyclic) bond motifs is 1. The van der Waals surface area contributed by atoms with Crippen molar-refractivity contribution in [3.63, 3.8) is 0 Å². The lowest BCUT2D eigenvalue weighted by molar-refractivity contribution is 0.576. The van der Waals surface area contributed by atoms with Gasteiger partial charge in [0.1, 0.15) is 0 Å². The number of rotatable bonds is 4. The Balaban J connectivity index is 1.93. The second kappa shape index (κ2) is 5.38. The van der Waals surface area contributed by atoms with Crippen LogP contribution in [-0.4, -0.2) is 22.8 Å². The molecule has 0 fully saturated rings. The lowest BCUT2D eigenvalue weighted by Gasteiger charge is -2.08. The van der Waals surface area contributed by atoms with Crippen LogP contribution in [0.4, 0.5) is 0 Å². The molecule has 0 radical (unpaired) electrons. The third-order valence-electron chi connectivity index (χ3n) is 3.03. The summed E-state index contributed by atoms with van der Waals surface area (Å²) in [5.74, 6) is 0. The summed E-state index contributed by atoms with van der Waals surface area (Å²) in [7, 11) is -3.76. The summed E-state index contributed by atoms with van der Waals surface area (Å²) in [6.45, 7) is 2.05. The third kappa shape index (κ3) is 2.67. The molecule has 0 aliphatic heterocycles. The fourth-order valence-corrected chi connectivity index (χ4v) is 4.36. The molecule has 0 aliphatic rings. The maximum absolute atomic E-state index is 12.4. The second-order valence-electron chi connectivity index (χ2n) is 4.39. The highest BCUT2D eigenvalue weighted by molar-refractivity contribution is 7.89. The normalized spacial score (nSPS) is 12.1. The van der Waals surface area contributed by atoms with Crippen LogP contribution in [-0.2, 0) is 16.6 Å². The topological polar surface area (TPSA) is 76.4 Å². The van der Waals surface area contributed by atoms with Gasteiger partial charge < -0.3 is 0 Å². The molecule has 6 nitrogen and oxygen atoms in total. The Morgan fingerprint density at radius 2 is 2.29 bits per heavy atom. The molecule has 0 aliphatic carbocycles. The number of pyridine rings is 1. The predicted octanol–water partition coefficient (Wildman–Crippen LogP) is 2.23. The van der Waals surface area contributed by atoms with Crippen molar-refractivity contribution >= 4 is 37.9 Å². The molecule has 0 saturated heterocycles. The van der Waals surface area contributed by atoms with Crippen LogP contribution in [0.2, 0.25) is 5.15 Å². The molecular weight excluding hydrogens is 332 g/mol. The van der Waals surface area contributed by atoms with Gasteiger partial charge in [0.25, 0.3) is 10.0 Å². The van der Waals surface area contributed by atoms with Crippen LogP contribution < -0.4 is 4.72 Å². The van der Waals surface area contributed by atoms with E-state index in [0.29, 0.717) is 4.96 Å². The van der Waals surface area contributed by atoms with Gasteiger partial charge in [0, 0.05) is 30.5 Å². The van der Waals surface area contributed by atoms with Crippen molar-refractivity contribution in [3.05, 3.63) is 46.3 Å². The van der Waals surface area contributed by atoms with Crippen molar-refractivity contribution in [1.29, 1.82) is 0 Å². The number of sulfonamides is 1. The molecular formula is C12H11ClN4O2S2. The van der Waals surface area contributed by atoms with Gasteiger partial charge in [0.2, 0.25) is 0 Å². The van der Waals surface area contributed by atoms with E-state index in [1.54, 1.807) is 24.0 Å². The Bertz CT molecular complexity index is 901. The number of hydrogen-bond donors (Lipinski definition) is 1. The van der Waals surface area contributed by atoms with Gasteiger partial charge in [-0.15, -0.1) is 11.3 Å². The molecule has 0 saturated carbocycles. The van der Waals surface area contributed by atoms with Crippen LogP contribution >= 0.6 is 22.9 Å². The fraction of sp³-hybridized carbons (Fsp3) is 0.167. The third-order valence-corrected chi connectivity index (χ3v) is 5.59. The maximum Gasteiger partial charge on any atom is 0.260 e. The van der Waals surface area contributed by atoms with Crippen LogP contribution in [0.15, 0.2) is 35.1 Å². The molecule has 3 aromatic rings. The summed E-state index contributed by atoms with van der Waals surface area (Å²) in [6.07, 6.45) is 4.93. The smallest absolute Gasteiger partial charge is 0.260 e. The Hall–Kier alpha value is -1.48. The minimum Gasteiger partial charge on any atom is -0.279 e. The van der Waals surface area contributed by atoms with Gasteiger partial charge >= 0.3 is 0 Å². The summed E-state index contributed by atoms with van der Waals surface area (Å²) in [5, 5.41) is 1.68. The zero-order valence-corrected chi connectivity index (χ0v) is 13.3. The van der Waals surface area contributed by atoms with Crippen molar-refractivity contribution in [3.8, 4) is 0 Å². The number of halogens is 1. The second-order valence-corrected chi connectivity index (χ2v) is 7.30. The van der Waals surface area contributed by atoms with Gasteiger partial charge in [-0.3, -0.25) is 9.38 Å². The summed E-state index contributed by atoms with van der Waals surface area (Å²) in [6, 6.07) is 1.83. The molecule has 0 spiro atoms. The fourth-order valence-electron chi connectivity index (χ4n) is 1.90. The average Bonchev–Trinajstić information content (AvgIpc) is 2.97. The van der Waals surface area contributed by atoms with Crippen molar-refractivity contribution in [2.45, 2.75) is 18.5 Å². The SMILES string of the molecule is Cc1ccncc1CNS(=O)(=O)c1c(Cl)nc2sccn12. The van der Waals surface area contributed by atoms with Gasteiger partial charge in [-0.05, 0) is 24.1 Å². The van der Waals surface area contributed by atoms with E-state index in [4.69, 9.17) is 11.6 Å². The highest BCUT2D eigenvalue weighted by atomic mass is 35.5. The first-order valence-electron chi connectivity index (χ1n) is 5.99. The van der Waals surface area contributed by atoms with E-state index in [-0.39, 0.29) is 16.7 Å². The molecule has 9 heteroatoms. The number of aromatic nitrogens is 3. The van der Waals surface area contributed by atoms with E-state index in [2.05, 4.69) is 14.7 Å². The van der Waals surface area contributed by atoms with Crippen molar-refractivity contribution in [1.82, 2.24) is 19.1 Å². The van der Waals surface area contributed by atoms with Gasteiger partial charge in [-0.2, -0.15) is 0 Å².